The van der Waals surface area contributed by atoms with Crippen LogP contribution in [0.1, 0.15) is 33.6 Å². The number of hydrogen-bond acceptors (Lipinski definition) is 4. The fourth-order valence-electron chi connectivity index (χ4n) is 1.93. The van der Waals surface area contributed by atoms with Gasteiger partial charge in [-0.2, -0.15) is 0 Å². The Labute approximate surface area is 122 Å². The van der Waals surface area contributed by atoms with Crippen molar-refractivity contribution in [2.75, 3.05) is 19.8 Å². The Morgan fingerprint density at radius 2 is 2.16 bits per heavy atom. The molecular formula is C13H27ClN2O3. The van der Waals surface area contributed by atoms with Crippen LogP contribution in [0.4, 0.5) is 0 Å². The number of ether oxygens (including phenoxy) is 2. The summed E-state index contributed by atoms with van der Waals surface area (Å²) in [6.07, 6.45) is 1.82. The summed E-state index contributed by atoms with van der Waals surface area (Å²) in [5, 5.41) is 2.88. The third kappa shape index (κ3) is 7.72. The van der Waals surface area contributed by atoms with Gasteiger partial charge in [-0.05, 0) is 25.7 Å². The molecule has 0 radical (unpaired) electrons. The van der Waals surface area contributed by atoms with E-state index in [-0.39, 0.29) is 30.5 Å². The van der Waals surface area contributed by atoms with Crippen molar-refractivity contribution in [2.45, 2.75) is 51.8 Å². The molecule has 1 amide bonds. The highest BCUT2D eigenvalue weighted by atomic mass is 35.5. The van der Waals surface area contributed by atoms with Gasteiger partial charge in [0, 0.05) is 12.6 Å². The van der Waals surface area contributed by atoms with Crippen LogP contribution in [0, 0.1) is 5.92 Å². The summed E-state index contributed by atoms with van der Waals surface area (Å²) in [7, 11) is 0. The Morgan fingerprint density at radius 3 is 2.68 bits per heavy atom. The van der Waals surface area contributed by atoms with Crippen molar-refractivity contribution in [3.8, 4) is 0 Å². The van der Waals surface area contributed by atoms with Crippen LogP contribution >= 0.6 is 12.4 Å². The van der Waals surface area contributed by atoms with Crippen molar-refractivity contribution in [3.05, 3.63) is 0 Å². The van der Waals surface area contributed by atoms with E-state index in [2.05, 4.69) is 19.2 Å². The fourth-order valence-corrected chi connectivity index (χ4v) is 1.93. The molecule has 114 valence electrons. The molecule has 1 heterocycles. The summed E-state index contributed by atoms with van der Waals surface area (Å²) in [5.74, 6) is 0.329. The number of rotatable bonds is 7. The second kappa shape index (κ2) is 9.53. The van der Waals surface area contributed by atoms with Crippen molar-refractivity contribution in [3.63, 3.8) is 0 Å². The van der Waals surface area contributed by atoms with Crippen LogP contribution in [0.15, 0.2) is 0 Å². The summed E-state index contributed by atoms with van der Waals surface area (Å²) >= 11 is 0. The molecule has 0 saturated carbocycles. The van der Waals surface area contributed by atoms with Gasteiger partial charge in [0.05, 0.1) is 25.4 Å². The molecule has 1 aliphatic heterocycles. The van der Waals surface area contributed by atoms with Crippen LogP contribution in [-0.4, -0.2) is 43.9 Å². The summed E-state index contributed by atoms with van der Waals surface area (Å²) in [5.41, 5.74) is 5.81. The first kappa shape index (κ1) is 18.6. The molecule has 0 bridgehead atoms. The molecule has 0 aromatic carbocycles. The van der Waals surface area contributed by atoms with Crippen LogP contribution in [0.3, 0.4) is 0 Å². The highest BCUT2D eigenvalue weighted by Gasteiger charge is 2.19. The van der Waals surface area contributed by atoms with E-state index >= 15 is 0 Å². The van der Waals surface area contributed by atoms with Crippen molar-refractivity contribution in [1.29, 1.82) is 0 Å². The molecular weight excluding hydrogens is 268 g/mol. The third-order valence-corrected chi connectivity index (χ3v) is 2.92. The molecule has 0 spiro atoms. The van der Waals surface area contributed by atoms with E-state index in [0.29, 0.717) is 25.6 Å². The molecule has 2 unspecified atom stereocenters. The van der Waals surface area contributed by atoms with E-state index in [0.717, 1.165) is 13.0 Å². The Balaban J connectivity index is 0.00000324. The first-order chi connectivity index (χ1) is 8.49. The second-order valence-corrected chi connectivity index (χ2v) is 5.46. The van der Waals surface area contributed by atoms with Gasteiger partial charge in [-0.25, -0.2) is 0 Å². The van der Waals surface area contributed by atoms with E-state index < -0.39 is 6.04 Å². The average Bonchev–Trinajstić information content (AvgIpc) is 2.78. The zero-order valence-corrected chi connectivity index (χ0v) is 12.9. The topological polar surface area (TPSA) is 73.6 Å². The predicted octanol–water partition coefficient (Wildman–Crippen LogP) is 1.09. The highest BCUT2D eigenvalue weighted by Crippen LogP contribution is 2.08. The van der Waals surface area contributed by atoms with Gasteiger partial charge >= 0.3 is 0 Å². The molecule has 0 aromatic heterocycles. The lowest BCUT2D eigenvalue weighted by molar-refractivity contribution is -0.123. The molecule has 3 atom stereocenters. The summed E-state index contributed by atoms with van der Waals surface area (Å²) in [6, 6.07) is -0.446. The number of halogens is 1. The van der Waals surface area contributed by atoms with E-state index in [4.69, 9.17) is 15.2 Å². The molecule has 1 fully saturated rings. The highest BCUT2D eigenvalue weighted by molar-refractivity contribution is 5.85. The maximum absolute atomic E-state index is 11.8. The largest absolute Gasteiger partial charge is 0.379 e. The molecule has 6 heteroatoms. The smallest absolute Gasteiger partial charge is 0.237 e. The average molecular weight is 295 g/mol. The normalized spacial score (nSPS) is 21.8. The van der Waals surface area contributed by atoms with E-state index in [1.807, 2.05) is 6.92 Å². The van der Waals surface area contributed by atoms with Crippen molar-refractivity contribution < 1.29 is 14.3 Å². The summed E-state index contributed by atoms with van der Waals surface area (Å²) < 4.78 is 10.9. The van der Waals surface area contributed by atoms with Crippen LogP contribution in [0.25, 0.3) is 0 Å². The molecule has 1 aliphatic rings. The Hall–Kier alpha value is -0.360. The standard InChI is InChI=1S/C13H26N2O3.ClH/c1-9(2)6-12(14)13(16)15-10(3)7-18-11-4-5-17-8-11;/h9-12H,4-8,14H2,1-3H3,(H,15,16);1H/t10?,11?,12-;/m0./s1. The number of hydrogen-bond donors (Lipinski definition) is 2. The number of carbonyl (C=O) groups excluding carboxylic acids is 1. The third-order valence-electron chi connectivity index (χ3n) is 2.92. The van der Waals surface area contributed by atoms with Crippen LogP contribution in [-0.2, 0) is 14.3 Å². The molecule has 1 rings (SSSR count). The van der Waals surface area contributed by atoms with Crippen LogP contribution in [0.2, 0.25) is 0 Å². The summed E-state index contributed by atoms with van der Waals surface area (Å²) in [6.45, 7) is 7.97. The Kier molecular flexibility index (Phi) is 9.35. The SMILES string of the molecule is CC(C)C[C@H](N)C(=O)NC(C)COC1CCOC1.Cl. The minimum atomic E-state index is -0.428. The molecule has 1 saturated heterocycles. The van der Waals surface area contributed by atoms with Gasteiger partial charge in [-0.15, -0.1) is 12.4 Å². The van der Waals surface area contributed by atoms with Gasteiger partial charge in [-0.3, -0.25) is 4.79 Å². The zero-order valence-electron chi connectivity index (χ0n) is 12.1. The predicted molar refractivity (Wildman–Crippen MR) is 77.5 cm³/mol. The monoisotopic (exact) mass is 294 g/mol. The minimum Gasteiger partial charge on any atom is -0.379 e. The summed E-state index contributed by atoms with van der Waals surface area (Å²) in [4.78, 5) is 11.8. The lowest BCUT2D eigenvalue weighted by atomic mass is 10.0. The van der Waals surface area contributed by atoms with Gasteiger partial charge < -0.3 is 20.5 Å². The molecule has 0 aromatic rings. The molecule has 3 N–H and O–H groups in total. The first-order valence-electron chi connectivity index (χ1n) is 6.74. The fraction of sp³-hybridized carbons (Fsp3) is 0.923. The van der Waals surface area contributed by atoms with E-state index in [1.165, 1.54) is 0 Å². The van der Waals surface area contributed by atoms with Gasteiger partial charge in [0.25, 0.3) is 0 Å². The zero-order chi connectivity index (χ0) is 13.5. The van der Waals surface area contributed by atoms with E-state index in [9.17, 15) is 4.79 Å². The van der Waals surface area contributed by atoms with Gasteiger partial charge in [0.1, 0.15) is 0 Å². The molecule has 5 nitrogen and oxygen atoms in total. The Bertz CT molecular complexity index is 258. The quantitative estimate of drug-likeness (QED) is 0.737. The second-order valence-electron chi connectivity index (χ2n) is 5.46. The van der Waals surface area contributed by atoms with Crippen LogP contribution in [0.5, 0.6) is 0 Å². The maximum Gasteiger partial charge on any atom is 0.237 e. The number of nitrogens with one attached hydrogen (secondary N) is 1. The van der Waals surface area contributed by atoms with Crippen molar-refractivity contribution in [2.24, 2.45) is 11.7 Å². The minimum absolute atomic E-state index is 0. The maximum atomic E-state index is 11.8. The molecule has 19 heavy (non-hydrogen) atoms. The van der Waals surface area contributed by atoms with Crippen LogP contribution < -0.4 is 11.1 Å². The number of amides is 1. The van der Waals surface area contributed by atoms with Gasteiger partial charge in [0.2, 0.25) is 5.91 Å². The Morgan fingerprint density at radius 1 is 1.47 bits per heavy atom. The number of carbonyl (C=O) groups is 1. The lowest BCUT2D eigenvalue weighted by Gasteiger charge is -2.20. The van der Waals surface area contributed by atoms with Gasteiger partial charge in [-0.1, -0.05) is 13.8 Å². The molecule has 0 aliphatic carbocycles. The van der Waals surface area contributed by atoms with E-state index in [1.54, 1.807) is 0 Å². The number of nitrogens with two attached hydrogens (primary N) is 1. The van der Waals surface area contributed by atoms with Crippen molar-refractivity contribution >= 4 is 18.3 Å². The van der Waals surface area contributed by atoms with Gasteiger partial charge in [0.15, 0.2) is 0 Å². The first-order valence-corrected chi connectivity index (χ1v) is 6.74. The van der Waals surface area contributed by atoms with Crippen molar-refractivity contribution in [1.82, 2.24) is 5.32 Å². The lowest BCUT2D eigenvalue weighted by Crippen LogP contribution is -2.46.